The molecule has 1 aliphatic heterocycles. The second kappa shape index (κ2) is 8.18. The average molecular weight is 433 g/mol. The number of hydrogen-bond acceptors (Lipinski definition) is 5. The highest BCUT2D eigenvalue weighted by Gasteiger charge is 2.34. The van der Waals surface area contributed by atoms with Crippen molar-refractivity contribution in [1.29, 1.82) is 0 Å². The molecule has 162 valence electrons. The van der Waals surface area contributed by atoms with Gasteiger partial charge in [-0.25, -0.2) is 8.42 Å². The van der Waals surface area contributed by atoms with Crippen LogP contribution in [0.2, 0.25) is 0 Å². The van der Waals surface area contributed by atoms with Gasteiger partial charge in [-0.1, -0.05) is 12.1 Å². The standard InChI is InChI=1S/C22H28N2O5S/c1-15-6-11-18-19(13-22(2,3)29-20(18)12-15)23-21(25)14-28-17-9-7-16(8-10-17)24(4)30(5,26)27/h6-12,19H,13-14H2,1-5H3,(H,23,25). The fraction of sp³-hybridized carbons (Fsp3) is 0.409. The van der Waals surface area contributed by atoms with Crippen LogP contribution in [0, 0.1) is 6.92 Å². The summed E-state index contributed by atoms with van der Waals surface area (Å²) in [4.78, 5) is 12.5. The van der Waals surface area contributed by atoms with Crippen molar-refractivity contribution in [2.75, 3.05) is 24.2 Å². The summed E-state index contributed by atoms with van der Waals surface area (Å²) in [6.07, 6.45) is 1.79. The molecule has 8 heteroatoms. The lowest BCUT2D eigenvalue weighted by atomic mass is 9.89. The maximum atomic E-state index is 12.5. The Balaban J connectivity index is 1.63. The number of rotatable bonds is 6. The molecule has 0 radical (unpaired) electrons. The number of fused-ring (bicyclic) bond motifs is 1. The van der Waals surface area contributed by atoms with Crippen molar-refractivity contribution < 1.29 is 22.7 Å². The van der Waals surface area contributed by atoms with Gasteiger partial charge in [0.15, 0.2) is 6.61 Å². The minimum Gasteiger partial charge on any atom is -0.487 e. The third-order valence-electron chi connectivity index (χ3n) is 5.03. The van der Waals surface area contributed by atoms with Gasteiger partial charge in [0.1, 0.15) is 17.1 Å². The van der Waals surface area contributed by atoms with E-state index in [-0.39, 0.29) is 24.2 Å². The molecule has 0 saturated heterocycles. The molecule has 1 atom stereocenters. The third kappa shape index (κ3) is 5.24. The van der Waals surface area contributed by atoms with Gasteiger partial charge in [-0.15, -0.1) is 0 Å². The number of benzene rings is 2. The number of sulfonamides is 1. The van der Waals surface area contributed by atoms with Crippen molar-refractivity contribution in [3.05, 3.63) is 53.6 Å². The number of carbonyl (C=O) groups is 1. The first-order valence-electron chi connectivity index (χ1n) is 9.70. The largest absolute Gasteiger partial charge is 0.487 e. The lowest BCUT2D eigenvalue weighted by Gasteiger charge is -2.38. The number of carbonyl (C=O) groups excluding carboxylic acids is 1. The molecule has 30 heavy (non-hydrogen) atoms. The van der Waals surface area contributed by atoms with Crippen molar-refractivity contribution in [3.63, 3.8) is 0 Å². The van der Waals surface area contributed by atoms with Crippen molar-refractivity contribution in [3.8, 4) is 11.5 Å². The Bertz CT molecular complexity index is 1030. The number of nitrogens with one attached hydrogen (secondary N) is 1. The Morgan fingerprint density at radius 3 is 2.53 bits per heavy atom. The van der Waals surface area contributed by atoms with E-state index in [2.05, 4.69) is 5.32 Å². The molecule has 1 aliphatic rings. The maximum Gasteiger partial charge on any atom is 0.258 e. The summed E-state index contributed by atoms with van der Waals surface area (Å²) < 4.78 is 36.0. The second-order valence-corrected chi connectivity index (χ2v) is 10.3. The van der Waals surface area contributed by atoms with E-state index in [1.165, 1.54) is 11.4 Å². The van der Waals surface area contributed by atoms with Crippen LogP contribution in [0.3, 0.4) is 0 Å². The van der Waals surface area contributed by atoms with E-state index >= 15 is 0 Å². The predicted molar refractivity (Wildman–Crippen MR) is 117 cm³/mol. The van der Waals surface area contributed by atoms with E-state index in [9.17, 15) is 13.2 Å². The van der Waals surface area contributed by atoms with Crippen LogP contribution in [0.5, 0.6) is 11.5 Å². The number of anilines is 1. The molecule has 1 N–H and O–H groups in total. The van der Waals surface area contributed by atoms with Crippen molar-refractivity contribution in [2.24, 2.45) is 0 Å². The molecular formula is C22H28N2O5S. The molecule has 0 spiro atoms. The van der Waals surface area contributed by atoms with Crippen molar-refractivity contribution in [2.45, 2.75) is 38.8 Å². The molecule has 1 unspecified atom stereocenters. The fourth-order valence-electron chi connectivity index (χ4n) is 3.42. The Kier molecular flexibility index (Phi) is 5.99. The highest BCUT2D eigenvalue weighted by atomic mass is 32.2. The van der Waals surface area contributed by atoms with E-state index in [4.69, 9.17) is 9.47 Å². The van der Waals surface area contributed by atoms with Crippen LogP contribution in [-0.2, 0) is 14.8 Å². The molecule has 2 aromatic rings. The zero-order chi connectivity index (χ0) is 22.1. The van der Waals surface area contributed by atoms with E-state index in [0.717, 1.165) is 23.1 Å². The smallest absolute Gasteiger partial charge is 0.258 e. The first-order chi connectivity index (χ1) is 13.9. The molecule has 0 saturated carbocycles. The highest BCUT2D eigenvalue weighted by Crippen LogP contribution is 2.39. The van der Waals surface area contributed by atoms with Gasteiger partial charge in [0.2, 0.25) is 10.0 Å². The van der Waals surface area contributed by atoms with Crippen LogP contribution in [0.15, 0.2) is 42.5 Å². The van der Waals surface area contributed by atoms with Gasteiger partial charge in [0.05, 0.1) is 18.0 Å². The quantitative estimate of drug-likeness (QED) is 0.758. The lowest BCUT2D eigenvalue weighted by molar-refractivity contribution is -0.124. The minimum atomic E-state index is -3.33. The van der Waals surface area contributed by atoms with E-state index in [1.54, 1.807) is 24.3 Å². The van der Waals surface area contributed by atoms with Crippen LogP contribution in [0.1, 0.15) is 37.4 Å². The maximum absolute atomic E-state index is 12.5. The monoisotopic (exact) mass is 432 g/mol. The number of hydrogen-bond donors (Lipinski definition) is 1. The summed E-state index contributed by atoms with van der Waals surface area (Å²) in [6.45, 7) is 5.87. The highest BCUT2D eigenvalue weighted by molar-refractivity contribution is 7.92. The Morgan fingerprint density at radius 1 is 1.23 bits per heavy atom. The van der Waals surface area contributed by atoms with E-state index in [0.29, 0.717) is 17.9 Å². The molecular weight excluding hydrogens is 404 g/mol. The van der Waals surface area contributed by atoms with Gasteiger partial charge in [0.25, 0.3) is 5.91 Å². The van der Waals surface area contributed by atoms with Crippen LogP contribution < -0.4 is 19.1 Å². The van der Waals surface area contributed by atoms with Gasteiger partial charge in [0, 0.05) is 19.0 Å². The second-order valence-electron chi connectivity index (χ2n) is 8.24. The van der Waals surface area contributed by atoms with Gasteiger partial charge in [-0.3, -0.25) is 9.10 Å². The Morgan fingerprint density at radius 2 is 1.90 bits per heavy atom. The number of amides is 1. The molecule has 1 amide bonds. The summed E-state index contributed by atoms with van der Waals surface area (Å²) in [6, 6.07) is 12.4. The summed E-state index contributed by atoms with van der Waals surface area (Å²) in [5, 5.41) is 3.04. The van der Waals surface area contributed by atoms with E-state index in [1.807, 2.05) is 39.0 Å². The Hall–Kier alpha value is -2.74. The minimum absolute atomic E-state index is 0.139. The fourth-order valence-corrected chi connectivity index (χ4v) is 3.92. The van der Waals surface area contributed by atoms with Gasteiger partial charge in [-0.05, 0) is 56.7 Å². The van der Waals surface area contributed by atoms with E-state index < -0.39 is 10.0 Å². The number of ether oxygens (including phenoxy) is 2. The molecule has 0 fully saturated rings. The molecule has 0 aliphatic carbocycles. The predicted octanol–water partition coefficient (Wildman–Crippen LogP) is 3.19. The molecule has 7 nitrogen and oxygen atoms in total. The van der Waals surface area contributed by atoms with Crippen molar-refractivity contribution in [1.82, 2.24) is 5.32 Å². The van der Waals surface area contributed by atoms with Crippen LogP contribution >= 0.6 is 0 Å². The van der Waals surface area contributed by atoms with Crippen LogP contribution in [0.4, 0.5) is 5.69 Å². The van der Waals surface area contributed by atoms with Gasteiger partial charge < -0.3 is 14.8 Å². The summed E-state index contributed by atoms with van der Waals surface area (Å²) in [5.41, 5.74) is 2.19. The van der Waals surface area contributed by atoms with Crippen molar-refractivity contribution >= 4 is 21.6 Å². The number of aryl methyl sites for hydroxylation is 1. The molecule has 2 aromatic carbocycles. The lowest BCUT2D eigenvalue weighted by Crippen LogP contribution is -2.42. The molecule has 1 heterocycles. The third-order valence-corrected chi connectivity index (χ3v) is 6.24. The SMILES string of the molecule is Cc1ccc2c(c1)OC(C)(C)CC2NC(=O)COc1ccc(N(C)S(C)(=O)=O)cc1. The first kappa shape index (κ1) is 22.0. The summed E-state index contributed by atoms with van der Waals surface area (Å²) in [7, 11) is -1.85. The summed E-state index contributed by atoms with van der Waals surface area (Å²) in [5.74, 6) is 1.05. The van der Waals surface area contributed by atoms with Crippen LogP contribution in [0.25, 0.3) is 0 Å². The average Bonchev–Trinajstić information content (AvgIpc) is 2.64. The van der Waals surface area contributed by atoms with Gasteiger partial charge in [-0.2, -0.15) is 0 Å². The molecule has 0 bridgehead atoms. The Labute approximate surface area is 178 Å². The van der Waals surface area contributed by atoms with Crippen LogP contribution in [-0.4, -0.2) is 39.8 Å². The normalized spacial score (nSPS) is 17.4. The molecule has 3 rings (SSSR count). The summed E-state index contributed by atoms with van der Waals surface area (Å²) >= 11 is 0. The topological polar surface area (TPSA) is 84.9 Å². The number of nitrogens with zero attached hydrogens (tertiary/aromatic N) is 1. The zero-order valence-electron chi connectivity index (χ0n) is 17.9. The first-order valence-corrected chi connectivity index (χ1v) is 11.6. The zero-order valence-corrected chi connectivity index (χ0v) is 18.7. The van der Waals surface area contributed by atoms with Gasteiger partial charge >= 0.3 is 0 Å². The molecule has 0 aromatic heterocycles.